The molecule has 0 spiro atoms. The molecule has 0 atom stereocenters. The first-order chi connectivity index (χ1) is 10.6. The number of amides is 1. The van der Waals surface area contributed by atoms with Gasteiger partial charge >= 0.3 is 0 Å². The highest BCUT2D eigenvalue weighted by Crippen LogP contribution is 2.24. The summed E-state index contributed by atoms with van der Waals surface area (Å²) >= 11 is 17.2. The minimum atomic E-state index is -0.838. The molecule has 0 aliphatic heterocycles. The van der Waals surface area contributed by atoms with E-state index in [-0.39, 0.29) is 22.8 Å². The molecule has 0 saturated heterocycles. The maximum atomic E-state index is 12.2. The van der Waals surface area contributed by atoms with Gasteiger partial charge in [-0.3, -0.25) is 9.59 Å². The van der Waals surface area contributed by atoms with Crippen LogP contribution in [0.5, 0.6) is 0 Å². The van der Waals surface area contributed by atoms with Gasteiger partial charge in [0.2, 0.25) is 0 Å². The SMILES string of the molecule is O=Cc1ccccc1C(=O)Nc1ncc(C(Cl)Cl)nc1CCl. The Morgan fingerprint density at radius 1 is 1.32 bits per heavy atom. The Morgan fingerprint density at radius 2 is 2.05 bits per heavy atom. The zero-order valence-electron chi connectivity index (χ0n) is 11.1. The minimum Gasteiger partial charge on any atom is -0.305 e. The van der Waals surface area contributed by atoms with Gasteiger partial charge in [0, 0.05) is 5.56 Å². The maximum Gasteiger partial charge on any atom is 0.257 e. The van der Waals surface area contributed by atoms with E-state index in [1.807, 2.05) is 0 Å². The molecule has 0 radical (unpaired) electrons. The average Bonchev–Trinajstić information content (AvgIpc) is 2.54. The summed E-state index contributed by atoms with van der Waals surface area (Å²) < 4.78 is 0. The van der Waals surface area contributed by atoms with Crippen LogP contribution >= 0.6 is 34.8 Å². The quantitative estimate of drug-likeness (QED) is 0.652. The molecule has 2 aromatic rings. The lowest BCUT2D eigenvalue weighted by Gasteiger charge is -2.10. The molecular weight excluding hydrogens is 349 g/mol. The molecule has 0 bridgehead atoms. The molecule has 22 heavy (non-hydrogen) atoms. The molecule has 8 heteroatoms. The Labute approximate surface area is 141 Å². The first kappa shape index (κ1) is 16.7. The number of carbonyl (C=O) groups is 2. The van der Waals surface area contributed by atoms with E-state index in [1.54, 1.807) is 18.2 Å². The van der Waals surface area contributed by atoms with Crippen LogP contribution in [0.4, 0.5) is 5.82 Å². The topological polar surface area (TPSA) is 72.0 Å². The Hall–Kier alpha value is -1.69. The number of hydrogen-bond donors (Lipinski definition) is 1. The Kier molecular flexibility index (Phi) is 5.71. The van der Waals surface area contributed by atoms with Crippen LogP contribution in [0, 0.1) is 0 Å². The monoisotopic (exact) mass is 357 g/mol. The molecule has 2 rings (SSSR count). The second-order valence-corrected chi connectivity index (χ2v) is 5.55. The molecule has 0 unspecified atom stereocenters. The molecule has 1 N–H and O–H groups in total. The van der Waals surface area contributed by atoms with Crippen molar-refractivity contribution in [1.82, 2.24) is 9.97 Å². The molecule has 0 saturated carbocycles. The number of benzene rings is 1. The van der Waals surface area contributed by atoms with Gasteiger partial charge in [0.1, 0.15) is 0 Å². The van der Waals surface area contributed by atoms with Crippen LogP contribution in [0.3, 0.4) is 0 Å². The van der Waals surface area contributed by atoms with E-state index in [9.17, 15) is 9.59 Å². The van der Waals surface area contributed by atoms with Crippen LogP contribution in [0.25, 0.3) is 0 Å². The molecule has 1 aromatic heterocycles. The van der Waals surface area contributed by atoms with Gasteiger partial charge in [-0.1, -0.05) is 41.4 Å². The van der Waals surface area contributed by atoms with Gasteiger partial charge in [0.25, 0.3) is 5.91 Å². The van der Waals surface area contributed by atoms with Crippen molar-refractivity contribution < 1.29 is 9.59 Å². The lowest BCUT2D eigenvalue weighted by molar-refractivity contribution is 0.101. The van der Waals surface area contributed by atoms with E-state index < -0.39 is 10.7 Å². The van der Waals surface area contributed by atoms with Crippen LogP contribution in [0.15, 0.2) is 30.5 Å². The number of hydrogen-bond acceptors (Lipinski definition) is 4. The van der Waals surface area contributed by atoms with Crippen LogP contribution in [0.1, 0.15) is 36.9 Å². The predicted molar refractivity (Wildman–Crippen MR) is 85.8 cm³/mol. The van der Waals surface area contributed by atoms with Gasteiger partial charge < -0.3 is 5.32 Å². The maximum absolute atomic E-state index is 12.2. The molecule has 1 aromatic carbocycles. The van der Waals surface area contributed by atoms with Crippen molar-refractivity contribution in [3.05, 3.63) is 53.0 Å². The number of alkyl halides is 3. The Bertz CT molecular complexity index is 707. The van der Waals surface area contributed by atoms with Crippen LogP contribution in [0.2, 0.25) is 0 Å². The fourth-order valence-corrected chi connectivity index (χ4v) is 2.12. The van der Waals surface area contributed by atoms with Crippen molar-refractivity contribution in [2.24, 2.45) is 0 Å². The highest BCUT2D eigenvalue weighted by atomic mass is 35.5. The molecule has 5 nitrogen and oxygen atoms in total. The van der Waals surface area contributed by atoms with Crippen molar-refractivity contribution in [3.63, 3.8) is 0 Å². The van der Waals surface area contributed by atoms with Crippen LogP contribution < -0.4 is 5.32 Å². The van der Waals surface area contributed by atoms with E-state index in [2.05, 4.69) is 15.3 Å². The third-order valence-corrected chi connectivity index (χ3v) is 3.48. The highest BCUT2D eigenvalue weighted by Gasteiger charge is 2.16. The minimum absolute atomic E-state index is 0.0201. The summed E-state index contributed by atoms with van der Waals surface area (Å²) in [5, 5.41) is 2.58. The number of carbonyl (C=O) groups excluding carboxylic acids is 2. The summed E-state index contributed by atoms with van der Waals surface area (Å²) in [6.45, 7) is 0. The summed E-state index contributed by atoms with van der Waals surface area (Å²) in [5.41, 5.74) is 1.18. The Morgan fingerprint density at radius 3 is 2.68 bits per heavy atom. The molecule has 114 valence electrons. The number of rotatable bonds is 5. The number of aldehydes is 1. The van der Waals surface area contributed by atoms with Crippen molar-refractivity contribution in [2.45, 2.75) is 10.7 Å². The van der Waals surface area contributed by atoms with Crippen LogP contribution in [-0.4, -0.2) is 22.2 Å². The number of anilines is 1. The summed E-state index contributed by atoms with van der Waals surface area (Å²) in [5.74, 6) is -0.269. The second-order valence-electron chi connectivity index (χ2n) is 4.18. The van der Waals surface area contributed by atoms with Crippen molar-refractivity contribution in [1.29, 1.82) is 0 Å². The smallest absolute Gasteiger partial charge is 0.257 e. The molecule has 1 heterocycles. The number of nitrogens with zero attached hydrogens (tertiary/aromatic N) is 2. The van der Waals surface area contributed by atoms with Gasteiger partial charge in [-0.2, -0.15) is 0 Å². The van der Waals surface area contributed by atoms with E-state index in [0.717, 1.165) is 0 Å². The zero-order chi connectivity index (χ0) is 16.1. The highest BCUT2D eigenvalue weighted by molar-refractivity contribution is 6.43. The van der Waals surface area contributed by atoms with Crippen molar-refractivity contribution >= 4 is 52.8 Å². The molecule has 0 aliphatic rings. The van der Waals surface area contributed by atoms with Gasteiger partial charge in [-0.05, 0) is 6.07 Å². The normalized spacial score (nSPS) is 10.5. The van der Waals surface area contributed by atoms with Crippen LogP contribution in [-0.2, 0) is 5.88 Å². The van der Waals surface area contributed by atoms with E-state index in [4.69, 9.17) is 34.8 Å². The summed E-state index contributed by atoms with van der Waals surface area (Å²) in [4.78, 5) is 30.6. The van der Waals surface area contributed by atoms with Gasteiger partial charge in [-0.15, -0.1) is 11.6 Å². The summed E-state index contributed by atoms with van der Waals surface area (Å²) in [6.07, 6.45) is 1.96. The average molecular weight is 359 g/mol. The van der Waals surface area contributed by atoms with E-state index >= 15 is 0 Å². The fraction of sp³-hybridized carbons (Fsp3) is 0.143. The molecule has 1 amide bonds. The standard InChI is InChI=1S/C14H10Cl3N3O2/c15-5-10-13(18-6-11(19-10)12(16)17)20-14(22)9-4-2-1-3-8(9)7-21/h1-4,6-7,12H,5H2,(H,18,20,22). The first-order valence-electron chi connectivity index (χ1n) is 6.12. The second kappa shape index (κ2) is 7.54. The number of nitrogens with one attached hydrogen (secondary N) is 1. The van der Waals surface area contributed by atoms with E-state index in [1.165, 1.54) is 12.3 Å². The molecular formula is C14H10Cl3N3O2. The zero-order valence-corrected chi connectivity index (χ0v) is 13.4. The fourth-order valence-electron chi connectivity index (χ4n) is 1.73. The van der Waals surface area contributed by atoms with E-state index in [0.29, 0.717) is 17.7 Å². The van der Waals surface area contributed by atoms with Crippen molar-refractivity contribution in [2.75, 3.05) is 5.32 Å². The number of halogens is 3. The lowest BCUT2D eigenvalue weighted by Crippen LogP contribution is -2.17. The third-order valence-electron chi connectivity index (χ3n) is 2.78. The largest absolute Gasteiger partial charge is 0.305 e. The molecule has 0 fully saturated rings. The van der Waals surface area contributed by atoms with Gasteiger partial charge in [0.15, 0.2) is 16.9 Å². The summed E-state index contributed by atoms with van der Waals surface area (Å²) in [7, 11) is 0. The van der Waals surface area contributed by atoms with Crippen molar-refractivity contribution in [3.8, 4) is 0 Å². The number of aromatic nitrogens is 2. The third kappa shape index (κ3) is 3.74. The lowest BCUT2D eigenvalue weighted by atomic mass is 10.1. The van der Waals surface area contributed by atoms with Gasteiger partial charge in [0.05, 0.1) is 29.0 Å². The van der Waals surface area contributed by atoms with Gasteiger partial charge in [-0.25, -0.2) is 9.97 Å². The Balaban J connectivity index is 2.30. The first-order valence-corrected chi connectivity index (χ1v) is 7.53. The molecule has 0 aliphatic carbocycles. The summed E-state index contributed by atoms with van der Waals surface area (Å²) in [6, 6.07) is 6.41. The predicted octanol–water partition coefficient (Wildman–Crippen LogP) is 3.76.